The number of benzene rings is 1. The fourth-order valence-corrected chi connectivity index (χ4v) is 2.85. The van der Waals surface area contributed by atoms with Gasteiger partial charge in [0.1, 0.15) is 11.6 Å². The summed E-state index contributed by atoms with van der Waals surface area (Å²) >= 11 is 3.40. The number of halogens is 1. The average molecular weight is 325 g/mol. The van der Waals surface area contributed by atoms with Crippen molar-refractivity contribution in [3.63, 3.8) is 0 Å². The van der Waals surface area contributed by atoms with E-state index in [1.165, 1.54) is 12.8 Å². The average Bonchev–Trinajstić information content (AvgIpc) is 2.33. The van der Waals surface area contributed by atoms with Crippen molar-refractivity contribution in [3.05, 3.63) is 28.2 Å². The van der Waals surface area contributed by atoms with Gasteiger partial charge >= 0.3 is 0 Å². The fraction of sp³-hybridized carbons (Fsp3) is 0.533. The van der Waals surface area contributed by atoms with Crippen LogP contribution in [0.25, 0.3) is 0 Å². The first kappa shape index (κ1) is 14.4. The molecule has 0 bridgehead atoms. The van der Waals surface area contributed by atoms with Crippen LogP contribution in [0.2, 0.25) is 0 Å². The molecular weight excluding hydrogens is 304 g/mol. The number of hydrogen-bond acceptors (Lipinski definition) is 2. The van der Waals surface area contributed by atoms with Gasteiger partial charge in [-0.15, -0.1) is 0 Å². The second kappa shape index (κ2) is 5.53. The summed E-state index contributed by atoms with van der Waals surface area (Å²) in [5.74, 6) is 0.771. The molecule has 0 spiro atoms. The van der Waals surface area contributed by atoms with Crippen LogP contribution in [0, 0.1) is 10.8 Å². The second-order valence-corrected chi connectivity index (χ2v) is 6.95. The monoisotopic (exact) mass is 324 g/mol. The molecule has 1 aliphatic rings. The van der Waals surface area contributed by atoms with E-state index in [1.807, 2.05) is 18.2 Å². The Morgan fingerprint density at radius 1 is 1.37 bits per heavy atom. The minimum Gasteiger partial charge on any atom is -0.490 e. The molecule has 0 heterocycles. The molecule has 19 heavy (non-hydrogen) atoms. The quantitative estimate of drug-likeness (QED) is 0.650. The van der Waals surface area contributed by atoms with Crippen LogP contribution in [-0.4, -0.2) is 11.9 Å². The first-order chi connectivity index (χ1) is 8.87. The van der Waals surface area contributed by atoms with Crippen LogP contribution in [0.15, 0.2) is 22.7 Å². The highest BCUT2D eigenvalue weighted by Crippen LogP contribution is 2.37. The number of nitrogens with two attached hydrogens (primary N) is 1. The Bertz CT molecular complexity index is 475. The lowest BCUT2D eigenvalue weighted by atomic mass is 9.76. The molecule has 0 unspecified atom stereocenters. The number of amidine groups is 1. The van der Waals surface area contributed by atoms with E-state index in [2.05, 4.69) is 29.8 Å². The molecular formula is C15H21BrN2O. The van der Waals surface area contributed by atoms with Crippen molar-refractivity contribution in [3.8, 4) is 5.75 Å². The molecule has 0 aromatic heterocycles. The first-order valence-electron chi connectivity index (χ1n) is 6.68. The molecule has 0 saturated heterocycles. The zero-order valence-corrected chi connectivity index (χ0v) is 13.1. The Kier molecular flexibility index (Phi) is 4.19. The highest BCUT2D eigenvalue weighted by atomic mass is 79.9. The van der Waals surface area contributed by atoms with Gasteiger partial charge in [0.15, 0.2) is 0 Å². The SMILES string of the molecule is CC1(C)CCC(Oc2ccc(Br)cc2C(=N)N)CC1. The Balaban J connectivity index is 2.10. The summed E-state index contributed by atoms with van der Waals surface area (Å²) in [6.07, 6.45) is 4.75. The van der Waals surface area contributed by atoms with Crippen molar-refractivity contribution in [1.29, 1.82) is 5.41 Å². The van der Waals surface area contributed by atoms with Gasteiger partial charge in [-0.1, -0.05) is 29.8 Å². The minimum atomic E-state index is 0.0486. The Hall–Kier alpha value is -1.03. The van der Waals surface area contributed by atoms with Crippen LogP contribution >= 0.6 is 15.9 Å². The topological polar surface area (TPSA) is 59.1 Å². The summed E-state index contributed by atoms with van der Waals surface area (Å²) < 4.78 is 6.97. The zero-order valence-electron chi connectivity index (χ0n) is 11.5. The predicted octanol–water partition coefficient (Wildman–Crippen LogP) is 4.08. The van der Waals surface area contributed by atoms with Gasteiger partial charge in [0.05, 0.1) is 11.7 Å². The van der Waals surface area contributed by atoms with E-state index in [-0.39, 0.29) is 11.9 Å². The normalized spacial score (nSPS) is 19.1. The minimum absolute atomic E-state index is 0.0486. The third-order valence-corrected chi connectivity index (χ3v) is 4.30. The van der Waals surface area contributed by atoms with Gasteiger partial charge in [-0.3, -0.25) is 5.41 Å². The summed E-state index contributed by atoms with van der Waals surface area (Å²) in [7, 11) is 0. The van der Waals surface area contributed by atoms with Crippen molar-refractivity contribution >= 4 is 21.8 Å². The summed E-state index contributed by atoms with van der Waals surface area (Å²) in [6, 6.07) is 5.65. The zero-order chi connectivity index (χ0) is 14.0. The molecule has 0 radical (unpaired) electrons. The van der Waals surface area contributed by atoms with E-state index in [9.17, 15) is 0 Å². The molecule has 0 aliphatic heterocycles. The van der Waals surface area contributed by atoms with Crippen LogP contribution in [0.3, 0.4) is 0 Å². The third kappa shape index (κ3) is 3.72. The Labute approximate surface area is 123 Å². The summed E-state index contributed by atoms with van der Waals surface area (Å²) in [6.45, 7) is 4.62. The number of nitrogen functional groups attached to an aromatic ring is 1. The van der Waals surface area contributed by atoms with Crippen molar-refractivity contribution < 1.29 is 4.74 Å². The summed E-state index contributed by atoms with van der Waals surface area (Å²) in [5.41, 5.74) is 6.71. The first-order valence-corrected chi connectivity index (χ1v) is 7.47. The molecule has 1 aromatic rings. The summed E-state index contributed by atoms with van der Waals surface area (Å²) in [4.78, 5) is 0. The van der Waals surface area contributed by atoms with E-state index in [0.29, 0.717) is 11.0 Å². The van der Waals surface area contributed by atoms with Crippen molar-refractivity contribution in [2.75, 3.05) is 0 Å². The van der Waals surface area contributed by atoms with Gasteiger partial charge < -0.3 is 10.5 Å². The molecule has 3 nitrogen and oxygen atoms in total. The lowest BCUT2D eigenvalue weighted by Crippen LogP contribution is -2.29. The van der Waals surface area contributed by atoms with Crippen LogP contribution in [0.4, 0.5) is 0 Å². The highest BCUT2D eigenvalue weighted by Gasteiger charge is 2.28. The molecule has 3 N–H and O–H groups in total. The van der Waals surface area contributed by atoms with E-state index in [4.69, 9.17) is 15.9 Å². The Morgan fingerprint density at radius 3 is 2.58 bits per heavy atom. The van der Waals surface area contributed by atoms with Crippen LogP contribution in [0.5, 0.6) is 5.75 Å². The van der Waals surface area contributed by atoms with Gasteiger partial charge in [-0.25, -0.2) is 0 Å². The Morgan fingerprint density at radius 2 is 2.00 bits per heavy atom. The van der Waals surface area contributed by atoms with Gasteiger partial charge in [-0.05, 0) is 49.3 Å². The molecule has 0 amide bonds. The van der Waals surface area contributed by atoms with Crippen molar-refractivity contribution in [2.24, 2.45) is 11.1 Å². The summed E-state index contributed by atoms with van der Waals surface area (Å²) in [5, 5.41) is 7.63. The third-order valence-electron chi connectivity index (χ3n) is 3.81. The van der Waals surface area contributed by atoms with Crippen molar-refractivity contribution in [1.82, 2.24) is 0 Å². The van der Waals surface area contributed by atoms with Gasteiger partial charge in [0.2, 0.25) is 0 Å². The predicted molar refractivity (Wildman–Crippen MR) is 81.8 cm³/mol. The lowest BCUT2D eigenvalue weighted by molar-refractivity contribution is 0.0986. The fourth-order valence-electron chi connectivity index (χ4n) is 2.49. The smallest absolute Gasteiger partial charge is 0.130 e. The maximum Gasteiger partial charge on any atom is 0.130 e. The van der Waals surface area contributed by atoms with Gasteiger partial charge in [0.25, 0.3) is 0 Å². The van der Waals surface area contributed by atoms with Crippen LogP contribution in [-0.2, 0) is 0 Å². The number of rotatable bonds is 3. The molecule has 1 saturated carbocycles. The molecule has 1 aliphatic carbocycles. The van der Waals surface area contributed by atoms with E-state index in [1.54, 1.807) is 0 Å². The lowest BCUT2D eigenvalue weighted by Gasteiger charge is -2.34. The second-order valence-electron chi connectivity index (χ2n) is 6.04. The standard InChI is InChI=1S/C15H21BrN2O/c1-15(2)7-5-11(6-8-15)19-13-4-3-10(16)9-12(13)14(17)18/h3-4,9,11H,5-8H2,1-2H3,(H3,17,18). The number of ether oxygens (including phenoxy) is 1. The molecule has 0 atom stereocenters. The van der Waals surface area contributed by atoms with Gasteiger partial charge in [-0.2, -0.15) is 0 Å². The highest BCUT2D eigenvalue weighted by molar-refractivity contribution is 9.10. The molecule has 4 heteroatoms. The largest absolute Gasteiger partial charge is 0.490 e. The molecule has 1 fully saturated rings. The molecule has 104 valence electrons. The number of nitrogens with one attached hydrogen (secondary N) is 1. The molecule has 1 aromatic carbocycles. The number of hydrogen-bond donors (Lipinski definition) is 2. The molecule has 2 rings (SSSR count). The van der Waals surface area contributed by atoms with E-state index < -0.39 is 0 Å². The van der Waals surface area contributed by atoms with E-state index in [0.717, 1.165) is 23.1 Å². The van der Waals surface area contributed by atoms with Crippen molar-refractivity contribution in [2.45, 2.75) is 45.6 Å². The maximum atomic E-state index is 7.63. The maximum absolute atomic E-state index is 7.63. The van der Waals surface area contributed by atoms with Crippen LogP contribution < -0.4 is 10.5 Å². The van der Waals surface area contributed by atoms with Gasteiger partial charge in [0, 0.05) is 4.47 Å². The van der Waals surface area contributed by atoms with E-state index >= 15 is 0 Å². The van der Waals surface area contributed by atoms with Crippen LogP contribution in [0.1, 0.15) is 45.1 Å².